The summed E-state index contributed by atoms with van der Waals surface area (Å²) in [6.07, 6.45) is 2.88. The number of carbonyl (C=O) groups excluding carboxylic acids is 1. The third-order valence-corrected chi connectivity index (χ3v) is 2.42. The van der Waals surface area contributed by atoms with Gasteiger partial charge in [0.05, 0.1) is 5.69 Å². The standard InChI is InChI=1S/C9H13N3O/c1-7(13)12-4-3-9-8(6-12)5-11(2)10-9/h5H,3-4,6H2,1-2H3. The van der Waals surface area contributed by atoms with Gasteiger partial charge in [-0.3, -0.25) is 9.48 Å². The Hall–Kier alpha value is -1.32. The van der Waals surface area contributed by atoms with Gasteiger partial charge in [-0.05, 0) is 0 Å². The van der Waals surface area contributed by atoms with Crippen molar-refractivity contribution in [2.75, 3.05) is 6.54 Å². The van der Waals surface area contributed by atoms with Crippen LogP contribution in [-0.2, 0) is 24.8 Å². The molecule has 1 aliphatic rings. The molecule has 1 aromatic rings. The number of carbonyl (C=O) groups is 1. The van der Waals surface area contributed by atoms with Crippen molar-refractivity contribution < 1.29 is 4.79 Å². The first-order chi connectivity index (χ1) is 6.16. The van der Waals surface area contributed by atoms with E-state index in [1.807, 2.05) is 22.8 Å². The van der Waals surface area contributed by atoms with Gasteiger partial charge in [0, 0.05) is 45.2 Å². The Labute approximate surface area is 77.1 Å². The lowest BCUT2D eigenvalue weighted by Gasteiger charge is -2.24. The molecule has 0 saturated carbocycles. The first-order valence-electron chi connectivity index (χ1n) is 4.43. The second-order valence-electron chi connectivity index (χ2n) is 3.47. The summed E-state index contributed by atoms with van der Waals surface area (Å²) in [5.74, 6) is 0.148. The third-order valence-electron chi connectivity index (χ3n) is 2.42. The second-order valence-corrected chi connectivity index (χ2v) is 3.47. The van der Waals surface area contributed by atoms with Gasteiger partial charge >= 0.3 is 0 Å². The molecule has 0 saturated heterocycles. The fraction of sp³-hybridized carbons (Fsp3) is 0.556. The Morgan fingerprint density at radius 2 is 2.38 bits per heavy atom. The minimum atomic E-state index is 0.148. The van der Waals surface area contributed by atoms with E-state index in [1.165, 1.54) is 5.56 Å². The third kappa shape index (κ3) is 1.43. The maximum Gasteiger partial charge on any atom is 0.219 e. The highest BCUT2D eigenvalue weighted by molar-refractivity contribution is 5.73. The van der Waals surface area contributed by atoms with Crippen molar-refractivity contribution in [3.63, 3.8) is 0 Å². The van der Waals surface area contributed by atoms with Crippen molar-refractivity contribution >= 4 is 5.91 Å². The van der Waals surface area contributed by atoms with Gasteiger partial charge in [-0.25, -0.2) is 0 Å². The molecule has 0 N–H and O–H groups in total. The maximum atomic E-state index is 11.1. The Bertz CT molecular complexity index is 343. The number of aryl methyl sites for hydroxylation is 1. The van der Waals surface area contributed by atoms with Gasteiger partial charge in [-0.2, -0.15) is 5.10 Å². The Morgan fingerprint density at radius 3 is 3.08 bits per heavy atom. The molecule has 0 spiro atoms. The van der Waals surface area contributed by atoms with E-state index in [1.54, 1.807) is 6.92 Å². The lowest BCUT2D eigenvalue weighted by molar-refractivity contribution is -0.129. The summed E-state index contributed by atoms with van der Waals surface area (Å²) in [6, 6.07) is 0. The number of nitrogens with zero attached hydrogens (tertiary/aromatic N) is 3. The van der Waals surface area contributed by atoms with Crippen LogP contribution in [0.2, 0.25) is 0 Å². The van der Waals surface area contributed by atoms with Gasteiger partial charge in [-0.15, -0.1) is 0 Å². The predicted molar refractivity (Wildman–Crippen MR) is 48.0 cm³/mol. The average molecular weight is 179 g/mol. The number of fused-ring (bicyclic) bond motifs is 1. The highest BCUT2D eigenvalue weighted by atomic mass is 16.2. The summed E-state index contributed by atoms with van der Waals surface area (Å²) in [5, 5.41) is 4.32. The van der Waals surface area contributed by atoms with Gasteiger partial charge < -0.3 is 4.90 Å². The summed E-state index contributed by atoms with van der Waals surface area (Å²) in [6.45, 7) is 3.14. The highest BCUT2D eigenvalue weighted by Crippen LogP contribution is 2.16. The van der Waals surface area contributed by atoms with E-state index >= 15 is 0 Å². The fourth-order valence-electron chi connectivity index (χ4n) is 1.72. The zero-order valence-corrected chi connectivity index (χ0v) is 7.95. The molecular formula is C9H13N3O. The molecule has 0 radical (unpaired) electrons. The van der Waals surface area contributed by atoms with Crippen LogP contribution in [0.5, 0.6) is 0 Å². The zero-order chi connectivity index (χ0) is 9.42. The first kappa shape index (κ1) is 8.29. The molecule has 1 aliphatic heterocycles. The summed E-state index contributed by atoms with van der Waals surface area (Å²) in [5.41, 5.74) is 2.32. The van der Waals surface area contributed by atoms with Crippen molar-refractivity contribution in [2.24, 2.45) is 7.05 Å². The highest BCUT2D eigenvalue weighted by Gasteiger charge is 2.20. The van der Waals surface area contributed by atoms with Crippen LogP contribution in [0.25, 0.3) is 0 Å². The molecule has 4 heteroatoms. The molecule has 4 nitrogen and oxygen atoms in total. The van der Waals surface area contributed by atoms with Crippen molar-refractivity contribution in [1.29, 1.82) is 0 Å². The van der Waals surface area contributed by atoms with Gasteiger partial charge in [0.1, 0.15) is 0 Å². The van der Waals surface area contributed by atoms with Gasteiger partial charge in [0.15, 0.2) is 0 Å². The van der Waals surface area contributed by atoms with Crippen LogP contribution in [0, 0.1) is 0 Å². The van der Waals surface area contributed by atoms with Crippen molar-refractivity contribution in [1.82, 2.24) is 14.7 Å². The smallest absolute Gasteiger partial charge is 0.219 e. The number of hydrogen-bond donors (Lipinski definition) is 0. The minimum Gasteiger partial charge on any atom is -0.338 e. The van der Waals surface area contributed by atoms with Crippen LogP contribution in [0.1, 0.15) is 18.2 Å². The molecule has 13 heavy (non-hydrogen) atoms. The van der Waals surface area contributed by atoms with Crippen LogP contribution in [0.15, 0.2) is 6.20 Å². The monoisotopic (exact) mass is 179 g/mol. The molecule has 1 amide bonds. The van der Waals surface area contributed by atoms with E-state index in [9.17, 15) is 4.79 Å². The quantitative estimate of drug-likeness (QED) is 0.575. The number of hydrogen-bond acceptors (Lipinski definition) is 2. The maximum absolute atomic E-state index is 11.1. The Kier molecular flexibility index (Phi) is 1.83. The molecule has 0 fully saturated rings. The number of rotatable bonds is 0. The van der Waals surface area contributed by atoms with Crippen LogP contribution in [-0.4, -0.2) is 27.1 Å². The lowest BCUT2D eigenvalue weighted by atomic mass is 10.1. The molecule has 0 aliphatic carbocycles. The van der Waals surface area contributed by atoms with Crippen LogP contribution >= 0.6 is 0 Å². The molecule has 0 unspecified atom stereocenters. The molecule has 1 aromatic heterocycles. The van der Waals surface area contributed by atoms with E-state index in [-0.39, 0.29) is 5.91 Å². The summed E-state index contributed by atoms with van der Waals surface area (Å²) < 4.78 is 1.81. The molecule has 2 rings (SSSR count). The van der Waals surface area contributed by atoms with E-state index in [0.717, 1.165) is 25.2 Å². The topological polar surface area (TPSA) is 38.1 Å². The zero-order valence-electron chi connectivity index (χ0n) is 7.95. The van der Waals surface area contributed by atoms with Crippen molar-refractivity contribution in [3.05, 3.63) is 17.5 Å². The molecular weight excluding hydrogens is 166 g/mol. The van der Waals surface area contributed by atoms with Crippen LogP contribution < -0.4 is 0 Å². The molecule has 0 bridgehead atoms. The molecule has 0 atom stereocenters. The van der Waals surface area contributed by atoms with Gasteiger partial charge in [0.25, 0.3) is 0 Å². The largest absolute Gasteiger partial charge is 0.338 e. The Balaban J connectivity index is 2.24. The fourth-order valence-corrected chi connectivity index (χ4v) is 1.72. The average Bonchev–Trinajstić information content (AvgIpc) is 2.42. The normalized spacial score (nSPS) is 15.7. The molecule has 2 heterocycles. The Morgan fingerprint density at radius 1 is 1.62 bits per heavy atom. The lowest BCUT2D eigenvalue weighted by Crippen LogP contribution is -2.33. The van der Waals surface area contributed by atoms with E-state index in [2.05, 4.69) is 5.10 Å². The van der Waals surface area contributed by atoms with Crippen LogP contribution in [0.4, 0.5) is 0 Å². The van der Waals surface area contributed by atoms with E-state index in [0.29, 0.717) is 0 Å². The van der Waals surface area contributed by atoms with Crippen molar-refractivity contribution in [2.45, 2.75) is 19.9 Å². The summed E-state index contributed by atoms with van der Waals surface area (Å²) in [7, 11) is 1.91. The SMILES string of the molecule is CC(=O)N1CCc2nn(C)cc2C1. The van der Waals surface area contributed by atoms with Gasteiger partial charge in [-0.1, -0.05) is 0 Å². The molecule has 70 valence electrons. The van der Waals surface area contributed by atoms with Crippen molar-refractivity contribution in [3.8, 4) is 0 Å². The van der Waals surface area contributed by atoms with Gasteiger partial charge in [0.2, 0.25) is 5.91 Å². The first-order valence-corrected chi connectivity index (χ1v) is 4.43. The second kappa shape index (κ2) is 2.87. The molecule has 0 aromatic carbocycles. The summed E-state index contributed by atoms with van der Waals surface area (Å²) in [4.78, 5) is 13.0. The van der Waals surface area contributed by atoms with E-state index < -0.39 is 0 Å². The van der Waals surface area contributed by atoms with E-state index in [4.69, 9.17) is 0 Å². The predicted octanol–water partition coefficient (Wildman–Crippen LogP) is 0.325. The number of amides is 1. The van der Waals surface area contributed by atoms with Crippen LogP contribution in [0.3, 0.4) is 0 Å². The summed E-state index contributed by atoms with van der Waals surface area (Å²) >= 11 is 0. The minimum absolute atomic E-state index is 0.148. The number of aromatic nitrogens is 2.